The van der Waals surface area contributed by atoms with Gasteiger partial charge in [0.1, 0.15) is 5.82 Å². The maximum atomic E-state index is 13.7. The molecule has 6 heteroatoms. The van der Waals surface area contributed by atoms with Crippen LogP contribution in [0.5, 0.6) is 0 Å². The van der Waals surface area contributed by atoms with Crippen LogP contribution in [0.25, 0.3) is 11.0 Å². The molecule has 0 aliphatic carbocycles. The highest BCUT2D eigenvalue weighted by Gasteiger charge is 2.12. The van der Waals surface area contributed by atoms with E-state index in [1.54, 1.807) is 23.0 Å². The van der Waals surface area contributed by atoms with E-state index in [1.807, 2.05) is 13.0 Å². The first-order chi connectivity index (χ1) is 9.56. The minimum atomic E-state index is -0.329. The topological polar surface area (TPSA) is 56.7 Å². The van der Waals surface area contributed by atoms with Crippen molar-refractivity contribution >= 4 is 32.9 Å². The van der Waals surface area contributed by atoms with Crippen LogP contribution in [-0.2, 0) is 6.54 Å². The van der Waals surface area contributed by atoms with E-state index in [9.17, 15) is 4.39 Å². The maximum absolute atomic E-state index is 13.7. The fraction of sp³-hybridized carbons (Fsp3) is 0.143. The monoisotopic (exact) mass is 334 g/mol. The quantitative estimate of drug-likeness (QED) is 0.782. The molecule has 0 atom stereocenters. The van der Waals surface area contributed by atoms with Gasteiger partial charge in [0.15, 0.2) is 0 Å². The molecule has 0 bridgehead atoms. The standard InChI is InChI=1S/C14H12BrFN4/c1-8-6-18-3-2-9(8)7-20-13-5-11(16)10(15)4-12(13)19-14(20)17/h2-6H,7H2,1H3,(H2,17,19). The van der Waals surface area contributed by atoms with Crippen LogP contribution in [0.2, 0.25) is 0 Å². The van der Waals surface area contributed by atoms with Crippen molar-refractivity contribution in [1.82, 2.24) is 14.5 Å². The SMILES string of the molecule is Cc1cnccc1Cn1c(N)nc2cc(Br)c(F)cc21. The van der Waals surface area contributed by atoms with Crippen LogP contribution in [-0.4, -0.2) is 14.5 Å². The van der Waals surface area contributed by atoms with Crippen molar-refractivity contribution in [2.45, 2.75) is 13.5 Å². The number of halogens is 2. The molecule has 20 heavy (non-hydrogen) atoms. The number of hydrogen-bond donors (Lipinski definition) is 1. The van der Waals surface area contributed by atoms with Gasteiger partial charge >= 0.3 is 0 Å². The predicted octanol–water partition coefficient (Wildman–Crippen LogP) is 3.27. The molecule has 2 N–H and O–H groups in total. The average molecular weight is 335 g/mol. The number of anilines is 1. The summed E-state index contributed by atoms with van der Waals surface area (Å²) in [6, 6.07) is 5.01. The second kappa shape index (κ2) is 4.86. The molecule has 2 aromatic heterocycles. The van der Waals surface area contributed by atoms with Crippen LogP contribution in [0, 0.1) is 12.7 Å². The Kier molecular flexibility index (Phi) is 3.17. The van der Waals surface area contributed by atoms with Crippen LogP contribution >= 0.6 is 15.9 Å². The van der Waals surface area contributed by atoms with E-state index < -0.39 is 0 Å². The summed E-state index contributed by atoms with van der Waals surface area (Å²) in [5.41, 5.74) is 9.44. The molecule has 1 aromatic carbocycles. The number of fused-ring (bicyclic) bond motifs is 1. The number of imidazole rings is 1. The molecule has 0 saturated carbocycles. The number of nitrogen functional groups attached to an aromatic ring is 1. The highest BCUT2D eigenvalue weighted by molar-refractivity contribution is 9.10. The van der Waals surface area contributed by atoms with Gasteiger partial charge in [-0.3, -0.25) is 4.98 Å². The van der Waals surface area contributed by atoms with Crippen LogP contribution < -0.4 is 5.73 Å². The van der Waals surface area contributed by atoms with Crippen molar-refractivity contribution in [3.8, 4) is 0 Å². The van der Waals surface area contributed by atoms with E-state index in [0.29, 0.717) is 28.0 Å². The summed E-state index contributed by atoms with van der Waals surface area (Å²) in [4.78, 5) is 8.33. The van der Waals surface area contributed by atoms with Crippen molar-refractivity contribution in [2.75, 3.05) is 5.73 Å². The molecule has 0 aliphatic rings. The molecule has 3 rings (SSSR count). The molecule has 0 spiro atoms. The molecule has 2 heterocycles. The third-order valence-electron chi connectivity index (χ3n) is 3.28. The van der Waals surface area contributed by atoms with Gasteiger partial charge in [-0.25, -0.2) is 9.37 Å². The summed E-state index contributed by atoms with van der Waals surface area (Å²) in [6.45, 7) is 2.52. The van der Waals surface area contributed by atoms with E-state index in [4.69, 9.17) is 5.73 Å². The molecule has 0 amide bonds. The van der Waals surface area contributed by atoms with E-state index in [0.717, 1.165) is 11.1 Å². The highest BCUT2D eigenvalue weighted by atomic mass is 79.9. The zero-order valence-electron chi connectivity index (χ0n) is 10.8. The van der Waals surface area contributed by atoms with Crippen molar-refractivity contribution in [3.05, 3.63) is 52.0 Å². The Balaban J connectivity index is 2.14. The number of benzene rings is 1. The highest BCUT2D eigenvalue weighted by Crippen LogP contribution is 2.26. The number of hydrogen-bond acceptors (Lipinski definition) is 3. The van der Waals surface area contributed by atoms with Crippen molar-refractivity contribution in [3.63, 3.8) is 0 Å². The average Bonchev–Trinajstić information content (AvgIpc) is 2.69. The number of aryl methyl sites for hydroxylation is 1. The summed E-state index contributed by atoms with van der Waals surface area (Å²) < 4.78 is 15.9. The Morgan fingerprint density at radius 1 is 1.40 bits per heavy atom. The summed E-state index contributed by atoms with van der Waals surface area (Å²) in [7, 11) is 0. The Morgan fingerprint density at radius 3 is 2.95 bits per heavy atom. The Hall–Kier alpha value is -1.95. The van der Waals surface area contributed by atoms with Gasteiger partial charge in [0.2, 0.25) is 5.95 Å². The number of aromatic nitrogens is 3. The van der Waals surface area contributed by atoms with Crippen LogP contribution in [0.3, 0.4) is 0 Å². The van der Waals surface area contributed by atoms with Gasteiger partial charge < -0.3 is 10.3 Å². The number of nitrogens with zero attached hydrogens (tertiary/aromatic N) is 3. The van der Waals surface area contributed by atoms with Gasteiger partial charge in [-0.05, 0) is 46.1 Å². The molecule has 3 aromatic rings. The molecular formula is C14H12BrFN4. The second-order valence-electron chi connectivity index (χ2n) is 4.61. The Bertz CT molecular complexity index is 797. The third kappa shape index (κ3) is 2.16. The van der Waals surface area contributed by atoms with Gasteiger partial charge in [0, 0.05) is 18.5 Å². The smallest absolute Gasteiger partial charge is 0.201 e. The van der Waals surface area contributed by atoms with Gasteiger partial charge in [0.25, 0.3) is 0 Å². The normalized spacial score (nSPS) is 11.2. The lowest BCUT2D eigenvalue weighted by molar-refractivity contribution is 0.622. The van der Waals surface area contributed by atoms with Crippen molar-refractivity contribution in [1.29, 1.82) is 0 Å². The van der Waals surface area contributed by atoms with E-state index in [-0.39, 0.29) is 5.82 Å². The fourth-order valence-corrected chi connectivity index (χ4v) is 2.49. The molecule has 0 aliphatic heterocycles. The molecule has 0 unspecified atom stereocenters. The molecule has 4 nitrogen and oxygen atoms in total. The lowest BCUT2D eigenvalue weighted by Crippen LogP contribution is -2.06. The van der Waals surface area contributed by atoms with E-state index in [2.05, 4.69) is 25.9 Å². The first-order valence-electron chi connectivity index (χ1n) is 6.06. The molecule has 0 radical (unpaired) electrons. The van der Waals surface area contributed by atoms with E-state index in [1.165, 1.54) is 6.07 Å². The minimum absolute atomic E-state index is 0.329. The fourth-order valence-electron chi connectivity index (χ4n) is 2.15. The molecule has 0 fully saturated rings. The predicted molar refractivity (Wildman–Crippen MR) is 79.9 cm³/mol. The first kappa shape index (κ1) is 13.1. The van der Waals surface area contributed by atoms with Gasteiger partial charge in [-0.1, -0.05) is 0 Å². The first-order valence-corrected chi connectivity index (χ1v) is 6.86. The van der Waals surface area contributed by atoms with Crippen LogP contribution in [0.15, 0.2) is 35.1 Å². The zero-order chi connectivity index (χ0) is 14.3. The van der Waals surface area contributed by atoms with Crippen LogP contribution in [0.4, 0.5) is 10.3 Å². The molecule has 102 valence electrons. The number of pyridine rings is 1. The largest absolute Gasteiger partial charge is 0.369 e. The van der Waals surface area contributed by atoms with Crippen LogP contribution in [0.1, 0.15) is 11.1 Å². The Morgan fingerprint density at radius 2 is 2.20 bits per heavy atom. The summed E-state index contributed by atoms with van der Waals surface area (Å²) in [5.74, 6) is 0.0406. The minimum Gasteiger partial charge on any atom is -0.369 e. The number of rotatable bonds is 2. The lowest BCUT2D eigenvalue weighted by Gasteiger charge is -2.09. The zero-order valence-corrected chi connectivity index (χ0v) is 12.4. The summed E-state index contributed by atoms with van der Waals surface area (Å²) in [6.07, 6.45) is 3.52. The third-order valence-corrected chi connectivity index (χ3v) is 3.89. The van der Waals surface area contributed by atoms with Crippen molar-refractivity contribution in [2.24, 2.45) is 0 Å². The lowest BCUT2D eigenvalue weighted by atomic mass is 10.1. The second-order valence-corrected chi connectivity index (χ2v) is 5.47. The maximum Gasteiger partial charge on any atom is 0.201 e. The van der Waals surface area contributed by atoms with Gasteiger partial charge in [0.05, 0.1) is 22.1 Å². The van der Waals surface area contributed by atoms with Gasteiger partial charge in [-0.15, -0.1) is 0 Å². The van der Waals surface area contributed by atoms with E-state index >= 15 is 0 Å². The number of nitrogens with two attached hydrogens (primary N) is 1. The molecular weight excluding hydrogens is 323 g/mol. The van der Waals surface area contributed by atoms with Gasteiger partial charge in [-0.2, -0.15) is 0 Å². The summed E-state index contributed by atoms with van der Waals surface area (Å²) in [5, 5.41) is 0. The summed E-state index contributed by atoms with van der Waals surface area (Å²) >= 11 is 3.16. The molecule has 0 saturated heterocycles. The Labute approximate surface area is 123 Å². The van der Waals surface area contributed by atoms with Crippen molar-refractivity contribution < 1.29 is 4.39 Å².